The molecule has 0 spiro atoms. The highest BCUT2D eigenvalue weighted by atomic mass is 16.6. The summed E-state index contributed by atoms with van der Waals surface area (Å²) in [6.45, 7) is 7.01. The Hall–Kier alpha value is -5.16. The summed E-state index contributed by atoms with van der Waals surface area (Å²) in [6, 6.07) is 46.5. The molecular formula is C58H73N3O6. The number of carbonyl (C=O) groups excluding carboxylic acids is 2. The molecule has 2 fully saturated rings. The van der Waals surface area contributed by atoms with E-state index in [0.29, 0.717) is 32.8 Å². The number of hydrogen-bond acceptors (Lipinski definition) is 7. The molecule has 1 N–H and O–H groups in total. The first-order chi connectivity index (χ1) is 32.7. The van der Waals surface area contributed by atoms with Crippen molar-refractivity contribution in [3.8, 4) is 0 Å². The number of rotatable bonds is 24. The fourth-order valence-corrected chi connectivity index (χ4v) is 9.75. The molecule has 0 aromatic heterocycles. The van der Waals surface area contributed by atoms with E-state index < -0.39 is 24.0 Å². The summed E-state index contributed by atoms with van der Waals surface area (Å²) < 4.78 is 28.1. The van der Waals surface area contributed by atoms with E-state index in [4.69, 9.17) is 18.9 Å². The number of likely N-dealkylation sites (N-methyl/N-ethyl adjacent to an activating group) is 1. The third-order valence-corrected chi connectivity index (χ3v) is 13.6. The van der Waals surface area contributed by atoms with Gasteiger partial charge in [0.1, 0.15) is 30.1 Å². The lowest BCUT2D eigenvalue weighted by atomic mass is 9.87. The molecule has 7 rings (SSSR count). The van der Waals surface area contributed by atoms with E-state index in [9.17, 15) is 9.59 Å². The molecule has 1 saturated heterocycles. The van der Waals surface area contributed by atoms with Crippen LogP contribution in [-0.2, 0) is 61.2 Å². The standard InChI is InChI=1S/C58H73N3O6/c1-5-19-52-55(64-40-47-20-10-6-11-21-47)57(66-42-49-24-14-8-15-25-49)56(65-41-48-22-12-7-13-23-48)54(67-52)50-33-28-44(2)51(39-50)38-46-31-29-45(30-32-46)26-18-27-53(63)59-58(34-16-9-17-35-58)61(43-62)37-36-60(3)4/h6-8,10-15,20-25,28-33,39,43,52,54-57H,5,9,16-19,26-27,34-38,40-42H2,1-4H3,(H,59,63)/t52-,54+,55-,56+,57+/m1/s1. The zero-order chi connectivity index (χ0) is 46.9. The fourth-order valence-electron chi connectivity index (χ4n) is 9.75. The first kappa shape index (κ1) is 49.7. The van der Waals surface area contributed by atoms with Crippen LogP contribution in [0.3, 0.4) is 0 Å². The Bertz CT molecular complexity index is 2230. The lowest BCUT2D eigenvalue weighted by molar-refractivity contribution is -0.268. The molecule has 0 radical (unpaired) electrons. The molecule has 1 aliphatic carbocycles. The largest absolute Gasteiger partial charge is 0.368 e. The summed E-state index contributed by atoms with van der Waals surface area (Å²) in [4.78, 5) is 29.5. The van der Waals surface area contributed by atoms with Crippen LogP contribution in [0.1, 0.15) is 115 Å². The molecule has 0 unspecified atom stereocenters. The molecule has 1 aliphatic heterocycles. The Labute approximate surface area is 400 Å². The van der Waals surface area contributed by atoms with Crippen molar-refractivity contribution in [1.82, 2.24) is 15.1 Å². The number of ether oxygens (including phenoxy) is 4. The van der Waals surface area contributed by atoms with E-state index in [2.05, 4.69) is 103 Å². The van der Waals surface area contributed by atoms with E-state index in [1.807, 2.05) is 73.6 Å². The number of hydrogen-bond donors (Lipinski definition) is 1. The minimum Gasteiger partial charge on any atom is -0.368 e. The van der Waals surface area contributed by atoms with E-state index in [1.165, 1.54) is 22.3 Å². The monoisotopic (exact) mass is 908 g/mol. The Morgan fingerprint density at radius 1 is 0.701 bits per heavy atom. The maximum absolute atomic E-state index is 13.4. The number of amides is 2. The van der Waals surface area contributed by atoms with Crippen molar-refractivity contribution in [2.75, 3.05) is 27.2 Å². The van der Waals surface area contributed by atoms with Crippen LogP contribution < -0.4 is 5.32 Å². The van der Waals surface area contributed by atoms with Crippen molar-refractivity contribution < 1.29 is 28.5 Å². The quantitative estimate of drug-likeness (QED) is 0.0487. The smallest absolute Gasteiger partial charge is 0.221 e. The molecule has 356 valence electrons. The van der Waals surface area contributed by atoms with Crippen molar-refractivity contribution in [1.29, 1.82) is 0 Å². The van der Waals surface area contributed by atoms with Crippen LogP contribution in [0.4, 0.5) is 0 Å². The van der Waals surface area contributed by atoms with Crippen LogP contribution in [0, 0.1) is 6.92 Å². The van der Waals surface area contributed by atoms with Gasteiger partial charge in [0.05, 0.1) is 25.9 Å². The molecule has 5 aromatic rings. The molecule has 1 heterocycles. The first-order valence-electron chi connectivity index (χ1n) is 24.7. The van der Waals surface area contributed by atoms with Crippen LogP contribution in [0.15, 0.2) is 133 Å². The van der Waals surface area contributed by atoms with Gasteiger partial charge in [-0.25, -0.2) is 0 Å². The van der Waals surface area contributed by atoms with Crippen molar-refractivity contribution >= 4 is 12.3 Å². The first-order valence-corrected chi connectivity index (χ1v) is 24.7. The Morgan fingerprint density at radius 3 is 1.84 bits per heavy atom. The van der Waals surface area contributed by atoms with Gasteiger partial charge in [0.2, 0.25) is 12.3 Å². The van der Waals surface area contributed by atoms with Crippen molar-refractivity contribution in [3.63, 3.8) is 0 Å². The molecule has 5 atom stereocenters. The topological polar surface area (TPSA) is 89.6 Å². The molecule has 67 heavy (non-hydrogen) atoms. The number of benzene rings is 5. The van der Waals surface area contributed by atoms with Crippen molar-refractivity contribution in [3.05, 3.63) is 178 Å². The molecule has 1 saturated carbocycles. The number of aryl methyl sites for hydroxylation is 2. The Morgan fingerprint density at radius 2 is 1.27 bits per heavy atom. The normalized spacial score (nSPS) is 20.3. The maximum Gasteiger partial charge on any atom is 0.221 e. The molecule has 5 aromatic carbocycles. The number of nitrogens with one attached hydrogen (secondary N) is 1. The van der Waals surface area contributed by atoms with Gasteiger partial charge in [-0.2, -0.15) is 0 Å². The van der Waals surface area contributed by atoms with Gasteiger partial charge in [0.15, 0.2) is 0 Å². The minimum absolute atomic E-state index is 0.0190. The van der Waals surface area contributed by atoms with Gasteiger partial charge in [-0.3, -0.25) is 9.59 Å². The number of nitrogens with zero attached hydrogens (tertiary/aromatic N) is 2. The van der Waals surface area contributed by atoms with Crippen LogP contribution in [-0.4, -0.2) is 79.4 Å². The minimum atomic E-state index is -0.586. The van der Waals surface area contributed by atoms with Gasteiger partial charge in [-0.1, -0.05) is 153 Å². The second-order valence-corrected chi connectivity index (χ2v) is 18.9. The highest BCUT2D eigenvalue weighted by molar-refractivity contribution is 5.77. The lowest BCUT2D eigenvalue weighted by Crippen LogP contribution is -2.62. The Balaban J connectivity index is 1.07. The average molecular weight is 908 g/mol. The molecule has 0 bridgehead atoms. The third-order valence-electron chi connectivity index (χ3n) is 13.6. The second kappa shape index (κ2) is 25.3. The van der Waals surface area contributed by atoms with Crippen LogP contribution >= 0.6 is 0 Å². The van der Waals surface area contributed by atoms with Crippen LogP contribution in [0.25, 0.3) is 0 Å². The molecule has 9 nitrogen and oxygen atoms in total. The summed E-state index contributed by atoms with van der Waals surface area (Å²) >= 11 is 0. The SMILES string of the molecule is CCC[C@H]1O[C@@H](c2ccc(C)c(Cc3ccc(CCCC(=O)NC4(N(C=O)CCN(C)C)CCCCC4)cc3)c2)[C@H](OCc2ccccc2)[C@@H](OCc2ccccc2)[C@@H]1OCc1ccccc1. The van der Waals surface area contributed by atoms with E-state index >= 15 is 0 Å². The highest BCUT2D eigenvalue weighted by Gasteiger charge is 2.48. The van der Waals surface area contributed by atoms with Crippen molar-refractivity contribution in [2.45, 2.75) is 140 Å². The number of carbonyl (C=O) groups is 2. The summed E-state index contributed by atoms with van der Waals surface area (Å²) in [5.41, 5.74) is 8.63. The zero-order valence-corrected chi connectivity index (χ0v) is 40.3. The van der Waals surface area contributed by atoms with E-state index in [1.54, 1.807) is 0 Å². The van der Waals surface area contributed by atoms with Crippen LogP contribution in [0.5, 0.6) is 0 Å². The van der Waals surface area contributed by atoms with E-state index in [0.717, 1.165) is 99.4 Å². The molecule has 2 aliphatic rings. The second-order valence-electron chi connectivity index (χ2n) is 18.9. The average Bonchev–Trinajstić information content (AvgIpc) is 3.35. The van der Waals surface area contributed by atoms with Gasteiger partial charge in [-0.15, -0.1) is 0 Å². The maximum atomic E-state index is 13.4. The summed E-state index contributed by atoms with van der Waals surface area (Å²) in [5, 5.41) is 3.33. The summed E-state index contributed by atoms with van der Waals surface area (Å²) in [6.07, 6.45) is 8.32. The van der Waals surface area contributed by atoms with Crippen molar-refractivity contribution in [2.24, 2.45) is 0 Å². The van der Waals surface area contributed by atoms with Gasteiger partial charge < -0.3 is 34.1 Å². The van der Waals surface area contributed by atoms with Gasteiger partial charge in [-0.05, 0) is 117 Å². The van der Waals surface area contributed by atoms with Gasteiger partial charge in [0.25, 0.3) is 0 Å². The van der Waals surface area contributed by atoms with E-state index in [-0.39, 0.29) is 18.1 Å². The highest BCUT2D eigenvalue weighted by Crippen LogP contribution is 2.40. The van der Waals surface area contributed by atoms with Gasteiger partial charge in [0, 0.05) is 19.5 Å². The molecule has 2 amide bonds. The molecular weight excluding hydrogens is 835 g/mol. The zero-order valence-electron chi connectivity index (χ0n) is 40.3. The summed E-state index contributed by atoms with van der Waals surface area (Å²) in [7, 11) is 4.01. The fraction of sp³-hybridized carbons (Fsp3) is 0.448. The predicted molar refractivity (Wildman–Crippen MR) is 266 cm³/mol. The lowest BCUT2D eigenvalue weighted by Gasteiger charge is -2.47. The van der Waals surface area contributed by atoms with Gasteiger partial charge >= 0.3 is 0 Å². The predicted octanol–water partition coefficient (Wildman–Crippen LogP) is 10.7. The Kier molecular flexibility index (Phi) is 18.8. The van der Waals surface area contributed by atoms with Crippen LogP contribution in [0.2, 0.25) is 0 Å². The third kappa shape index (κ3) is 14.2. The summed E-state index contributed by atoms with van der Waals surface area (Å²) in [5.74, 6) is 0.0190. The molecule has 9 heteroatoms.